The van der Waals surface area contributed by atoms with E-state index in [2.05, 4.69) is 20.6 Å². The van der Waals surface area contributed by atoms with Crippen molar-refractivity contribution >= 4 is 43.4 Å². The molecule has 0 bridgehead atoms. The number of aromatic amines is 1. The number of benzene rings is 3. The summed E-state index contributed by atoms with van der Waals surface area (Å²) in [6.07, 6.45) is 1.66. The SMILES string of the molecule is Cc1cc(C)c(S(=O)(=O)n2nc(C(=O)Nc3ccc4[nH]ncc4c3)c3ccccc32)c(C)c1. The molecule has 5 rings (SSSR count). The van der Waals surface area contributed by atoms with E-state index in [4.69, 9.17) is 0 Å². The molecule has 2 heterocycles. The summed E-state index contributed by atoms with van der Waals surface area (Å²) in [7, 11) is -4.04. The van der Waals surface area contributed by atoms with Crippen LogP contribution in [-0.4, -0.2) is 33.7 Å². The molecule has 3 aromatic carbocycles. The van der Waals surface area contributed by atoms with Crippen LogP contribution < -0.4 is 5.32 Å². The number of nitrogens with one attached hydrogen (secondary N) is 2. The van der Waals surface area contributed by atoms with Gasteiger partial charge in [-0.15, -0.1) is 0 Å². The Kier molecular flexibility index (Phi) is 4.79. The molecule has 9 heteroatoms. The van der Waals surface area contributed by atoms with Crippen LogP contribution in [0.25, 0.3) is 21.8 Å². The van der Waals surface area contributed by atoms with E-state index in [0.29, 0.717) is 27.7 Å². The van der Waals surface area contributed by atoms with Crippen molar-refractivity contribution in [1.29, 1.82) is 0 Å². The zero-order valence-electron chi connectivity index (χ0n) is 18.2. The van der Waals surface area contributed by atoms with Crippen LogP contribution in [0.15, 0.2) is 65.7 Å². The molecule has 0 aliphatic rings. The number of H-pyrrole nitrogens is 1. The number of carbonyl (C=O) groups is 1. The van der Waals surface area contributed by atoms with E-state index in [1.54, 1.807) is 56.4 Å². The third-order valence-corrected chi connectivity index (χ3v) is 7.45. The molecule has 5 aromatic rings. The van der Waals surface area contributed by atoms with Gasteiger partial charge < -0.3 is 5.32 Å². The van der Waals surface area contributed by atoms with Gasteiger partial charge in [0.25, 0.3) is 15.9 Å². The van der Waals surface area contributed by atoms with Gasteiger partial charge in [0.2, 0.25) is 0 Å². The van der Waals surface area contributed by atoms with Crippen LogP contribution in [0.3, 0.4) is 0 Å². The number of fused-ring (bicyclic) bond motifs is 2. The van der Waals surface area contributed by atoms with Gasteiger partial charge in [-0.05, 0) is 56.2 Å². The summed E-state index contributed by atoms with van der Waals surface area (Å²) in [5.74, 6) is -0.500. The predicted octanol–water partition coefficient (Wildman–Crippen LogP) is 4.33. The van der Waals surface area contributed by atoms with Crippen LogP contribution in [0.1, 0.15) is 27.2 Å². The van der Waals surface area contributed by atoms with E-state index in [1.807, 2.05) is 25.1 Å². The van der Waals surface area contributed by atoms with Gasteiger partial charge in [-0.3, -0.25) is 9.89 Å². The molecule has 0 aliphatic heterocycles. The lowest BCUT2D eigenvalue weighted by atomic mass is 10.1. The molecule has 0 atom stereocenters. The van der Waals surface area contributed by atoms with Crippen molar-refractivity contribution < 1.29 is 13.2 Å². The fraction of sp³-hybridized carbons (Fsp3) is 0.125. The first-order chi connectivity index (χ1) is 15.8. The highest BCUT2D eigenvalue weighted by Gasteiger charge is 2.28. The standard InChI is InChI=1S/C24H21N5O3S/c1-14-10-15(2)23(16(3)11-14)33(31,32)29-21-7-5-4-6-19(21)22(28-29)24(30)26-18-8-9-20-17(12-18)13-25-27-20/h4-13H,1-3H3,(H,25,27)(H,26,30). The summed E-state index contributed by atoms with van der Waals surface area (Å²) in [5.41, 5.74) is 4.01. The number of hydrogen-bond acceptors (Lipinski definition) is 5. The number of anilines is 1. The largest absolute Gasteiger partial charge is 0.321 e. The maximum absolute atomic E-state index is 13.7. The van der Waals surface area contributed by atoms with Gasteiger partial charge in [-0.2, -0.15) is 22.7 Å². The Balaban J connectivity index is 1.62. The van der Waals surface area contributed by atoms with Crippen molar-refractivity contribution in [2.24, 2.45) is 0 Å². The fourth-order valence-electron chi connectivity index (χ4n) is 4.26. The van der Waals surface area contributed by atoms with Crippen LogP contribution in [0.2, 0.25) is 0 Å². The van der Waals surface area contributed by atoms with E-state index in [1.165, 1.54) is 0 Å². The summed E-state index contributed by atoms with van der Waals surface area (Å²) in [4.78, 5) is 13.3. The molecule has 2 N–H and O–H groups in total. The minimum atomic E-state index is -4.04. The van der Waals surface area contributed by atoms with Crippen molar-refractivity contribution in [3.05, 3.63) is 83.2 Å². The number of para-hydroxylation sites is 1. The Labute approximate surface area is 190 Å². The Hall–Kier alpha value is -3.98. The number of aryl methyl sites for hydroxylation is 3. The summed E-state index contributed by atoms with van der Waals surface area (Å²) in [5, 5.41) is 15.2. The Morgan fingerprint density at radius 1 is 1.00 bits per heavy atom. The van der Waals surface area contributed by atoms with Gasteiger partial charge in [-0.1, -0.05) is 35.9 Å². The zero-order valence-corrected chi connectivity index (χ0v) is 19.1. The molecule has 1 amide bonds. The average Bonchev–Trinajstić information content (AvgIpc) is 3.37. The Morgan fingerprint density at radius 2 is 1.73 bits per heavy atom. The highest BCUT2D eigenvalue weighted by Crippen LogP contribution is 2.28. The molecule has 0 aliphatic carbocycles. The molecule has 0 saturated carbocycles. The average molecular weight is 460 g/mol. The zero-order chi connectivity index (χ0) is 23.3. The minimum absolute atomic E-state index is 0.0314. The minimum Gasteiger partial charge on any atom is -0.321 e. The quantitative estimate of drug-likeness (QED) is 0.416. The van der Waals surface area contributed by atoms with Crippen molar-refractivity contribution in [1.82, 2.24) is 19.4 Å². The van der Waals surface area contributed by atoms with E-state index < -0.39 is 15.9 Å². The summed E-state index contributed by atoms with van der Waals surface area (Å²) >= 11 is 0. The van der Waals surface area contributed by atoms with Crippen molar-refractivity contribution in [3.8, 4) is 0 Å². The summed E-state index contributed by atoms with van der Waals surface area (Å²) in [6, 6.07) is 15.8. The van der Waals surface area contributed by atoms with E-state index in [0.717, 1.165) is 20.6 Å². The highest BCUT2D eigenvalue weighted by molar-refractivity contribution is 7.90. The fourth-order valence-corrected chi connectivity index (χ4v) is 5.97. The number of carbonyl (C=O) groups excluding carboxylic acids is 1. The van der Waals surface area contributed by atoms with Crippen LogP contribution in [0, 0.1) is 20.8 Å². The molecule has 166 valence electrons. The molecular formula is C24H21N5O3S. The third kappa shape index (κ3) is 3.46. The molecule has 2 aromatic heterocycles. The highest BCUT2D eigenvalue weighted by atomic mass is 32.2. The smallest absolute Gasteiger partial charge is 0.284 e. The van der Waals surface area contributed by atoms with Crippen molar-refractivity contribution in [2.75, 3.05) is 5.32 Å². The monoisotopic (exact) mass is 459 g/mol. The van der Waals surface area contributed by atoms with Gasteiger partial charge in [0.1, 0.15) is 0 Å². The first-order valence-corrected chi connectivity index (χ1v) is 11.8. The van der Waals surface area contributed by atoms with Crippen LogP contribution >= 0.6 is 0 Å². The van der Waals surface area contributed by atoms with Gasteiger partial charge in [0.15, 0.2) is 5.69 Å². The van der Waals surface area contributed by atoms with E-state index >= 15 is 0 Å². The van der Waals surface area contributed by atoms with E-state index in [9.17, 15) is 13.2 Å². The van der Waals surface area contributed by atoms with E-state index in [-0.39, 0.29) is 10.6 Å². The summed E-state index contributed by atoms with van der Waals surface area (Å²) < 4.78 is 28.3. The normalized spacial score (nSPS) is 11.8. The molecule has 0 fully saturated rings. The molecule has 0 spiro atoms. The molecule has 0 saturated heterocycles. The second-order valence-corrected chi connectivity index (χ2v) is 9.77. The van der Waals surface area contributed by atoms with Gasteiger partial charge >= 0.3 is 0 Å². The second-order valence-electron chi connectivity index (χ2n) is 8.07. The number of hydrogen-bond donors (Lipinski definition) is 2. The Morgan fingerprint density at radius 3 is 2.48 bits per heavy atom. The van der Waals surface area contributed by atoms with Gasteiger partial charge in [0.05, 0.1) is 22.1 Å². The number of nitrogens with zero attached hydrogens (tertiary/aromatic N) is 3. The first kappa shape index (κ1) is 20.9. The molecule has 0 radical (unpaired) electrons. The van der Waals surface area contributed by atoms with Gasteiger partial charge in [-0.25, -0.2) is 0 Å². The lowest BCUT2D eigenvalue weighted by molar-refractivity contribution is 0.102. The lowest BCUT2D eigenvalue weighted by Crippen LogP contribution is -2.19. The van der Waals surface area contributed by atoms with Gasteiger partial charge in [0, 0.05) is 16.5 Å². The topological polar surface area (TPSA) is 110 Å². The molecule has 0 unspecified atom stereocenters. The number of rotatable bonds is 4. The third-order valence-electron chi connectivity index (χ3n) is 5.56. The molecule has 8 nitrogen and oxygen atoms in total. The van der Waals surface area contributed by atoms with Crippen LogP contribution in [0.4, 0.5) is 5.69 Å². The predicted molar refractivity (Wildman–Crippen MR) is 127 cm³/mol. The maximum atomic E-state index is 13.7. The van der Waals surface area contributed by atoms with Crippen molar-refractivity contribution in [2.45, 2.75) is 25.7 Å². The lowest BCUT2D eigenvalue weighted by Gasteiger charge is -2.12. The number of amides is 1. The molecule has 33 heavy (non-hydrogen) atoms. The maximum Gasteiger partial charge on any atom is 0.284 e. The summed E-state index contributed by atoms with van der Waals surface area (Å²) in [6.45, 7) is 5.44. The first-order valence-electron chi connectivity index (χ1n) is 10.3. The van der Waals surface area contributed by atoms with Crippen molar-refractivity contribution in [3.63, 3.8) is 0 Å². The second kappa shape index (κ2) is 7.56. The Bertz CT molecular complexity index is 1640. The molecular weight excluding hydrogens is 438 g/mol. The van der Waals surface area contributed by atoms with Crippen LogP contribution in [0.5, 0.6) is 0 Å². The number of aromatic nitrogens is 4. The van der Waals surface area contributed by atoms with Crippen LogP contribution in [-0.2, 0) is 10.0 Å².